The van der Waals surface area contributed by atoms with Gasteiger partial charge in [0, 0.05) is 30.3 Å². The van der Waals surface area contributed by atoms with Crippen molar-refractivity contribution in [3.63, 3.8) is 0 Å². The topological polar surface area (TPSA) is 64.3 Å². The number of amides is 1. The molecule has 0 aromatic heterocycles. The SMILES string of the molecule is Cl.NC1CC2CCCC(C1)C2NC(=O)C1(c2cccc(Cl)c2)CCOCC1. The normalized spacial score (nSPS) is 32.2. The number of halogens is 2. The Morgan fingerprint density at radius 3 is 2.48 bits per heavy atom. The second-order valence-electron chi connectivity index (χ2n) is 8.39. The summed E-state index contributed by atoms with van der Waals surface area (Å²) < 4.78 is 5.58. The minimum absolute atomic E-state index is 0. The fraction of sp³-hybridized carbons (Fsp3) is 0.667. The average molecular weight is 413 g/mol. The summed E-state index contributed by atoms with van der Waals surface area (Å²) in [6, 6.07) is 8.36. The highest BCUT2D eigenvalue weighted by atomic mass is 35.5. The van der Waals surface area contributed by atoms with Crippen molar-refractivity contribution in [2.24, 2.45) is 17.6 Å². The van der Waals surface area contributed by atoms with Crippen molar-refractivity contribution in [2.75, 3.05) is 13.2 Å². The highest BCUT2D eigenvalue weighted by Gasteiger charge is 2.46. The van der Waals surface area contributed by atoms with Gasteiger partial charge in [-0.3, -0.25) is 4.79 Å². The van der Waals surface area contributed by atoms with E-state index in [1.807, 2.05) is 24.3 Å². The second kappa shape index (κ2) is 8.69. The van der Waals surface area contributed by atoms with Crippen molar-refractivity contribution in [1.82, 2.24) is 5.32 Å². The zero-order valence-electron chi connectivity index (χ0n) is 15.7. The van der Waals surface area contributed by atoms with Crippen LogP contribution in [0, 0.1) is 11.8 Å². The molecule has 1 aromatic rings. The number of hydrogen-bond acceptors (Lipinski definition) is 3. The molecule has 2 unspecified atom stereocenters. The number of nitrogens with two attached hydrogens (primary N) is 1. The Bertz CT molecular complexity index is 649. The maximum atomic E-state index is 13.6. The smallest absolute Gasteiger partial charge is 0.231 e. The predicted molar refractivity (Wildman–Crippen MR) is 110 cm³/mol. The molecule has 2 saturated carbocycles. The van der Waals surface area contributed by atoms with Gasteiger partial charge in [-0.25, -0.2) is 0 Å². The molecule has 2 atom stereocenters. The van der Waals surface area contributed by atoms with Crippen LogP contribution in [0.5, 0.6) is 0 Å². The van der Waals surface area contributed by atoms with E-state index in [-0.39, 0.29) is 24.4 Å². The molecule has 2 aliphatic carbocycles. The summed E-state index contributed by atoms with van der Waals surface area (Å²) in [4.78, 5) is 13.6. The molecule has 4 rings (SSSR count). The molecular formula is C21H30Cl2N2O2. The Hall–Kier alpha value is -0.810. The van der Waals surface area contributed by atoms with E-state index in [4.69, 9.17) is 22.1 Å². The van der Waals surface area contributed by atoms with Crippen LogP contribution in [0.4, 0.5) is 0 Å². The van der Waals surface area contributed by atoms with Crippen molar-refractivity contribution < 1.29 is 9.53 Å². The van der Waals surface area contributed by atoms with Crippen LogP contribution in [0.2, 0.25) is 5.02 Å². The molecule has 3 aliphatic rings. The number of ether oxygens (including phenoxy) is 1. The summed E-state index contributed by atoms with van der Waals surface area (Å²) >= 11 is 6.24. The third kappa shape index (κ3) is 4.14. The first-order valence-corrected chi connectivity index (χ1v) is 10.4. The Kier molecular flexibility index (Phi) is 6.73. The van der Waals surface area contributed by atoms with Crippen LogP contribution in [0.15, 0.2) is 24.3 Å². The van der Waals surface area contributed by atoms with E-state index in [2.05, 4.69) is 5.32 Å². The molecule has 1 aromatic carbocycles. The number of hydrogen-bond donors (Lipinski definition) is 2. The molecule has 3 N–H and O–H groups in total. The molecule has 3 fully saturated rings. The fourth-order valence-corrected chi connectivity index (χ4v) is 5.66. The van der Waals surface area contributed by atoms with Gasteiger partial charge < -0.3 is 15.8 Å². The Labute approximate surface area is 173 Å². The molecule has 150 valence electrons. The molecule has 1 amide bonds. The van der Waals surface area contributed by atoms with Gasteiger partial charge in [0.15, 0.2) is 0 Å². The molecular weight excluding hydrogens is 383 g/mol. The van der Waals surface area contributed by atoms with Gasteiger partial charge >= 0.3 is 0 Å². The molecule has 0 radical (unpaired) electrons. The van der Waals surface area contributed by atoms with Crippen molar-refractivity contribution >= 4 is 29.9 Å². The zero-order valence-corrected chi connectivity index (χ0v) is 17.2. The first-order valence-electron chi connectivity index (χ1n) is 9.99. The average Bonchev–Trinajstić information content (AvgIpc) is 2.63. The van der Waals surface area contributed by atoms with Crippen molar-refractivity contribution in [1.29, 1.82) is 0 Å². The van der Waals surface area contributed by atoms with Gasteiger partial charge in [-0.15, -0.1) is 12.4 Å². The number of carbonyl (C=O) groups excluding carboxylic acids is 1. The Morgan fingerprint density at radius 2 is 1.85 bits per heavy atom. The van der Waals surface area contributed by atoms with Gasteiger partial charge in [0.05, 0.1) is 5.41 Å². The van der Waals surface area contributed by atoms with Gasteiger partial charge in [-0.2, -0.15) is 0 Å². The third-order valence-electron chi connectivity index (χ3n) is 6.83. The molecule has 1 aliphatic heterocycles. The van der Waals surface area contributed by atoms with Crippen LogP contribution in [0.3, 0.4) is 0 Å². The van der Waals surface area contributed by atoms with Crippen LogP contribution in [-0.4, -0.2) is 31.2 Å². The molecule has 1 saturated heterocycles. The van der Waals surface area contributed by atoms with Gasteiger partial charge in [0.25, 0.3) is 0 Å². The van der Waals surface area contributed by atoms with E-state index >= 15 is 0 Å². The first kappa shape index (κ1) is 20.9. The summed E-state index contributed by atoms with van der Waals surface area (Å²) in [6.07, 6.45) is 7.12. The zero-order chi connectivity index (χ0) is 18.1. The highest BCUT2D eigenvalue weighted by Crippen LogP contribution is 2.42. The van der Waals surface area contributed by atoms with E-state index in [1.165, 1.54) is 19.3 Å². The molecule has 6 heteroatoms. The van der Waals surface area contributed by atoms with Crippen LogP contribution in [0.25, 0.3) is 0 Å². The number of carbonyl (C=O) groups is 1. The van der Waals surface area contributed by atoms with Crippen molar-refractivity contribution in [3.8, 4) is 0 Å². The van der Waals surface area contributed by atoms with Crippen LogP contribution < -0.4 is 11.1 Å². The van der Waals surface area contributed by atoms with Crippen molar-refractivity contribution in [2.45, 2.75) is 62.4 Å². The van der Waals surface area contributed by atoms with Gasteiger partial charge in [-0.1, -0.05) is 30.2 Å². The maximum absolute atomic E-state index is 13.6. The van der Waals surface area contributed by atoms with Crippen molar-refractivity contribution in [3.05, 3.63) is 34.9 Å². The molecule has 4 nitrogen and oxygen atoms in total. The molecule has 0 spiro atoms. The van der Waals surface area contributed by atoms with Gasteiger partial charge in [0.2, 0.25) is 5.91 Å². The minimum Gasteiger partial charge on any atom is -0.381 e. The highest BCUT2D eigenvalue weighted by molar-refractivity contribution is 6.30. The van der Waals surface area contributed by atoms with Gasteiger partial charge in [-0.05, 0) is 68.1 Å². The van der Waals surface area contributed by atoms with E-state index in [0.717, 1.165) is 18.4 Å². The number of nitrogens with one attached hydrogen (secondary N) is 1. The van der Waals surface area contributed by atoms with Crippen LogP contribution in [-0.2, 0) is 14.9 Å². The van der Waals surface area contributed by atoms with E-state index in [9.17, 15) is 4.79 Å². The van der Waals surface area contributed by atoms with Crippen LogP contribution >= 0.6 is 24.0 Å². The summed E-state index contributed by atoms with van der Waals surface area (Å²) in [5, 5.41) is 4.16. The molecule has 1 heterocycles. The quantitative estimate of drug-likeness (QED) is 0.792. The van der Waals surface area contributed by atoms with Crippen LogP contribution in [0.1, 0.15) is 50.5 Å². The number of benzene rings is 1. The third-order valence-corrected chi connectivity index (χ3v) is 7.07. The number of fused-ring (bicyclic) bond motifs is 2. The molecule has 2 bridgehead atoms. The Morgan fingerprint density at radius 1 is 1.19 bits per heavy atom. The summed E-state index contributed by atoms with van der Waals surface area (Å²) in [5.41, 5.74) is 6.74. The maximum Gasteiger partial charge on any atom is 0.231 e. The largest absolute Gasteiger partial charge is 0.381 e. The monoisotopic (exact) mass is 412 g/mol. The lowest BCUT2D eigenvalue weighted by molar-refractivity contribution is -0.133. The minimum atomic E-state index is -0.531. The lowest BCUT2D eigenvalue weighted by Crippen LogP contribution is -2.58. The number of rotatable bonds is 3. The predicted octanol–water partition coefficient (Wildman–Crippen LogP) is 3.83. The fourth-order valence-electron chi connectivity index (χ4n) is 5.47. The molecule has 27 heavy (non-hydrogen) atoms. The van der Waals surface area contributed by atoms with E-state index < -0.39 is 5.41 Å². The standard InChI is InChI=1S/C21H29ClN2O2.ClH/c22-17-6-2-5-16(13-17)21(7-9-26-10-8-21)20(25)24-19-14-3-1-4-15(19)12-18(23)11-14;/h2,5-6,13-15,18-19H,1,3-4,7-12,23H2,(H,24,25);1H. The van der Waals surface area contributed by atoms with E-state index in [1.54, 1.807) is 0 Å². The lowest BCUT2D eigenvalue weighted by atomic mass is 9.66. The second-order valence-corrected chi connectivity index (χ2v) is 8.82. The summed E-state index contributed by atoms with van der Waals surface area (Å²) in [6.45, 7) is 1.23. The Balaban J connectivity index is 0.00000210. The summed E-state index contributed by atoms with van der Waals surface area (Å²) in [7, 11) is 0. The first-order chi connectivity index (χ1) is 12.6. The van der Waals surface area contributed by atoms with Gasteiger partial charge in [0.1, 0.15) is 0 Å². The summed E-state index contributed by atoms with van der Waals surface area (Å²) in [5.74, 6) is 1.20. The van der Waals surface area contributed by atoms with E-state index in [0.29, 0.717) is 49.0 Å². The lowest BCUT2D eigenvalue weighted by Gasteiger charge is -2.47.